The first-order valence-corrected chi connectivity index (χ1v) is 2.99. The van der Waals surface area contributed by atoms with Crippen LogP contribution < -0.4 is 5.73 Å². The molecule has 1 aromatic heterocycles. The van der Waals surface area contributed by atoms with E-state index in [0.717, 1.165) is 0 Å². The fourth-order valence-electron chi connectivity index (χ4n) is 0.775. The summed E-state index contributed by atoms with van der Waals surface area (Å²) in [5.74, 6) is -1.47. The molecule has 0 atom stereocenters. The number of carboxylic acids is 1. The predicted molar refractivity (Wildman–Crippen MR) is 37.3 cm³/mol. The first kappa shape index (κ1) is 7.62. The molecule has 0 bridgehead atoms. The van der Waals surface area contributed by atoms with Crippen molar-refractivity contribution in [2.75, 3.05) is 0 Å². The highest BCUT2D eigenvalue weighted by Gasteiger charge is 2.13. The van der Waals surface area contributed by atoms with Crippen molar-refractivity contribution in [2.24, 2.45) is 5.73 Å². The van der Waals surface area contributed by atoms with E-state index in [-0.39, 0.29) is 18.0 Å². The molecule has 0 fully saturated rings. The fourth-order valence-corrected chi connectivity index (χ4v) is 0.775. The maximum atomic E-state index is 10.3. The van der Waals surface area contributed by atoms with Gasteiger partial charge in [0.1, 0.15) is 0 Å². The predicted octanol–water partition coefficient (Wildman–Crippen LogP) is -0.123. The van der Waals surface area contributed by atoms with Gasteiger partial charge < -0.3 is 20.9 Å². The molecular weight excluding hydrogens is 148 g/mol. The summed E-state index contributed by atoms with van der Waals surface area (Å²) in [6.07, 6.45) is 1.37. The van der Waals surface area contributed by atoms with Crippen LogP contribution in [0.3, 0.4) is 0 Å². The van der Waals surface area contributed by atoms with E-state index in [2.05, 4.69) is 4.98 Å². The highest BCUT2D eigenvalue weighted by atomic mass is 16.4. The third-order valence-electron chi connectivity index (χ3n) is 1.37. The van der Waals surface area contributed by atoms with Gasteiger partial charge in [0, 0.05) is 18.3 Å². The lowest BCUT2D eigenvalue weighted by Crippen LogP contribution is -1.97. The first-order chi connectivity index (χ1) is 5.16. The van der Waals surface area contributed by atoms with Crippen LogP contribution in [0.2, 0.25) is 0 Å². The third kappa shape index (κ3) is 1.18. The largest absolute Gasteiger partial charge is 0.505 e. The van der Waals surface area contributed by atoms with Gasteiger partial charge in [-0.25, -0.2) is 4.79 Å². The van der Waals surface area contributed by atoms with Crippen LogP contribution in [-0.4, -0.2) is 21.2 Å². The molecule has 1 heterocycles. The van der Waals surface area contributed by atoms with Gasteiger partial charge in [-0.2, -0.15) is 0 Å². The Morgan fingerprint density at radius 1 is 1.73 bits per heavy atom. The second kappa shape index (κ2) is 2.63. The Morgan fingerprint density at radius 2 is 2.36 bits per heavy atom. The number of nitrogens with one attached hydrogen (secondary N) is 1. The number of aromatic amines is 1. The number of aromatic carboxylic acids is 1. The number of carboxylic acid groups (broad SMARTS) is 1. The molecule has 5 N–H and O–H groups in total. The Labute approximate surface area is 62.5 Å². The topological polar surface area (TPSA) is 99.3 Å². The molecule has 0 aliphatic heterocycles. The van der Waals surface area contributed by atoms with Crippen LogP contribution in [0.4, 0.5) is 0 Å². The monoisotopic (exact) mass is 156 g/mol. The molecule has 0 saturated carbocycles. The minimum atomic E-state index is -1.19. The van der Waals surface area contributed by atoms with Gasteiger partial charge in [-0.3, -0.25) is 0 Å². The number of hydrogen-bond donors (Lipinski definition) is 4. The van der Waals surface area contributed by atoms with Crippen LogP contribution in [-0.2, 0) is 6.54 Å². The number of carbonyl (C=O) groups is 1. The Morgan fingerprint density at radius 3 is 2.64 bits per heavy atom. The zero-order chi connectivity index (χ0) is 8.43. The van der Waals surface area contributed by atoms with Crippen molar-refractivity contribution in [1.82, 2.24) is 4.98 Å². The highest BCUT2D eigenvalue weighted by molar-refractivity contribution is 5.89. The van der Waals surface area contributed by atoms with E-state index in [0.29, 0.717) is 5.56 Å². The zero-order valence-electron chi connectivity index (χ0n) is 5.66. The summed E-state index contributed by atoms with van der Waals surface area (Å²) < 4.78 is 0. The van der Waals surface area contributed by atoms with Crippen LogP contribution in [0, 0.1) is 0 Å². The average molecular weight is 156 g/mol. The van der Waals surface area contributed by atoms with E-state index >= 15 is 0 Å². The van der Waals surface area contributed by atoms with Gasteiger partial charge in [0.25, 0.3) is 0 Å². The lowest BCUT2D eigenvalue weighted by atomic mass is 10.3. The summed E-state index contributed by atoms with van der Waals surface area (Å²) in [4.78, 5) is 12.7. The molecule has 11 heavy (non-hydrogen) atoms. The quantitative estimate of drug-likeness (QED) is 0.479. The molecule has 0 saturated heterocycles. The van der Waals surface area contributed by atoms with E-state index in [1.807, 2.05) is 0 Å². The Hall–Kier alpha value is -1.49. The SMILES string of the molecule is NCc1c[nH]c(C(=O)O)c1O. The Kier molecular flexibility index (Phi) is 1.82. The van der Waals surface area contributed by atoms with Gasteiger partial charge in [0.2, 0.25) is 0 Å². The van der Waals surface area contributed by atoms with E-state index < -0.39 is 5.97 Å². The summed E-state index contributed by atoms with van der Waals surface area (Å²) in [7, 11) is 0. The number of H-pyrrole nitrogens is 1. The second-order valence-corrected chi connectivity index (χ2v) is 2.05. The molecule has 0 aliphatic carbocycles. The van der Waals surface area contributed by atoms with Gasteiger partial charge in [0.15, 0.2) is 11.4 Å². The summed E-state index contributed by atoms with van der Waals surface area (Å²) >= 11 is 0. The van der Waals surface area contributed by atoms with E-state index in [1.54, 1.807) is 0 Å². The molecular formula is C6H8N2O3. The highest BCUT2D eigenvalue weighted by Crippen LogP contribution is 2.20. The van der Waals surface area contributed by atoms with Gasteiger partial charge in [-0.1, -0.05) is 0 Å². The third-order valence-corrected chi connectivity index (χ3v) is 1.37. The number of hydrogen-bond acceptors (Lipinski definition) is 3. The van der Waals surface area contributed by atoms with Crippen molar-refractivity contribution in [3.8, 4) is 5.75 Å². The number of aromatic hydroxyl groups is 1. The first-order valence-electron chi connectivity index (χ1n) is 2.99. The molecule has 5 heteroatoms. The number of aromatic nitrogens is 1. The number of nitrogens with two attached hydrogens (primary N) is 1. The van der Waals surface area contributed by atoms with Crippen molar-refractivity contribution in [1.29, 1.82) is 0 Å². The molecule has 0 unspecified atom stereocenters. The smallest absolute Gasteiger partial charge is 0.356 e. The molecule has 5 nitrogen and oxygen atoms in total. The standard InChI is InChI=1S/C6H8N2O3/c7-1-3-2-8-4(5(3)9)6(10)11/h2,8-9H,1,7H2,(H,10,11). The summed E-state index contributed by atoms with van der Waals surface area (Å²) in [6, 6.07) is 0. The van der Waals surface area contributed by atoms with E-state index in [4.69, 9.17) is 15.9 Å². The van der Waals surface area contributed by atoms with Crippen molar-refractivity contribution in [2.45, 2.75) is 6.54 Å². The lowest BCUT2D eigenvalue weighted by molar-refractivity contribution is 0.0688. The molecule has 1 aromatic rings. The van der Waals surface area contributed by atoms with Gasteiger partial charge in [-0.15, -0.1) is 0 Å². The Balaban J connectivity index is 3.10. The van der Waals surface area contributed by atoms with Crippen molar-refractivity contribution >= 4 is 5.97 Å². The van der Waals surface area contributed by atoms with Crippen LogP contribution in [0.1, 0.15) is 16.1 Å². The summed E-state index contributed by atoms with van der Waals surface area (Å²) in [5, 5.41) is 17.5. The van der Waals surface area contributed by atoms with E-state index in [1.165, 1.54) is 6.20 Å². The second-order valence-electron chi connectivity index (χ2n) is 2.05. The Bertz CT molecular complexity index is 279. The molecule has 0 spiro atoms. The van der Waals surface area contributed by atoms with Gasteiger partial charge >= 0.3 is 5.97 Å². The number of rotatable bonds is 2. The summed E-state index contributed by atoms with van der Waals surface area (Å²) in [5.41, 5.74) is 5.38. The van der Waals surface area contributed by atoms with Crippen LogP contribution in [0.15, 0.2) is 6.20 Å². The van der Waals surface area contributed by atoms with Crippen molar-refractivity contribution in [3.63, 3.8) is 0 Å². The maximum absolute atomic E-state index is 10.3. The average Bonchev–Trinajstić information content (AvgIpc) is 2.30. The van der Waals surface area contributed by atoms with Crippen molar-refractivity contribution in [3.05, 3.63) is 17.5 Å². The minimum Gasteiger partial charge on any atom is -0.505 e. The molecule has 0 amide bonds. The normalized spacial score (nSPS) is 9.91. The molecule has 0 radical (unpaired) electrons. The molecule has 1 rings (SSSR count). The maximum Gasteiger partial charge on any atom is 0.356 e. The van der Waals surface area contributed by atoms with Gasteiger partial charge in [0.05, 0.1) is 0 Å². The molecule has 0 aromatic carbocycles. The molecule has 60 valence electrons. The summed E-state index contributed by atoms with van der Waals surface area (Å²) in [6.45, 7) is 0.121. The zero-order valence-corrected chi connectivity index (χ0v) is 5.66. The minimum absolute atomic E-state index is 0.121. The van der Waals surface area contributed by atoms with Crippen LogP contribution >= 0.6 is 0 Å². The molecule has 0 aliphatic rings. The fraction of sp³-hybridized carbons (Fsp3) is 0.167. The van der Waals surface area contributed by atoms with Crippen LogP contribution in [0.5, 0.6) is 5.75 Å². The van der Waals surface area contributed by atoms with Crippen LogP contribution in [0.25, 0.3) is 0 Å². The lowest BCUT2D eigenvalue weighted by Gasteiger charge is -1.92. The van der Waals surface area contributed by atoms with E-state index in [9.17, 15) is 4.79 Å². The van der Waals surface area contributed by atoms with Crippen molar-refractivity contribution < 1.29 is 15.0 Å². The van der Waals surface area contributed by atoms with Gasteiger partial charge in [-0.05, 0) is 0 Å².